The van der Waals surface area contributed by atoms with Crippen molar-refractivity contribution in [1.82, 2.24) is 14.5 Å². The molecule has 4 N–H and O–H groups in total. The van der Waals surface area contributed by atoms with E-state index in [9.17, 15) is 19.8 Å². The molecule has 10 heteroatoms. The Morgan fingerprint density at radius 1 is 1.16 bits per heavy atom. The van der Waals surface area contributed by atoms with Crippen molar-refractivity contribution in [2.45, 2.75) is 6.92 Å². The van der Waals surface area contributed by atoms with Gasteiger partial charge in [-0.15, -0.1) is 10.2 Å². The largest absolute Gasteiger partial charge is 0.506 e. The van der Waals surface area contributed by atoms with Crippen LogP contribution >= 0.6 is 0 Å². The van der Waals surface area contributed by atoms with Gasteiger partial charge in [0.25, 0.3) is 5.56 Å². The van der Waals surface area contributed by atoms with Gasteiger partial charge in [0.15, 0.2) is 5.88 Å². The molecule has 0 radical (unpaired) electrons. The van der Waals surface area contributed by atoms with Gasteiger partial charge in [-0.05, 0) is 18.6 Å². The van der Waals surface area contributed by atoms with Gasteiger partial charge < -0.3 is 20.2 Å². The van der Waals surface area contributed by atoms with E-state index in [4.69, 9.17) is 6.57 Å². The molecular weight excluding hydrogens is 328 g/mol. The molecule has 0 unspecified atom stereocenters. The summed E-state index contributed by atoms with van der Waals surface area (Å²) in [5.41, 5.74) is -0.298. The number of nitrogens with one attached hydrogen (secondary N) is 2. The van der Waals surface area contributed by atoms with Gasteiger partial charge in [0.05, 0.1) is 17.6 Å². The van der Waals surface area contributed by atoms with Crippen LogP contribution in [0.3, 0.4) is 0 Å². The van der Waals surface area contributed by atoms with Crippen molar-refractivity contribution < 1.29 is 10.2 Å². The summed E-state index contributed by atoms with van der Waals surface area (Å²) in [6, 6.07) is 2.69. The van der Waals surface area contributed by atoms with Crippen LogP contribution in [0.5, 0.6) is 11.6 Å². The van der Waals surface area contributed by atoms with Crippen LogP contribution in [0.2, 0.25) is 0 Å². The van der Waals surface area contributed by atoms with Gasteiger partial charge in [-0.2, -0.15) is 0 Å². The number of hydrogen-bond donors (Lipinski definition) is 4. The zero-order chi connectivity index (χ0) is 18.3. The molecule has 10 nitrogen and oxygen atoms in total. The highest BCUT2D eigenvalue weighted by atomic mass is 16.3. The number of rotatable bonds is 2. The van der Waals surface area contributed by atoms with E-state index < -0.39 is 17.1 Å². The molecule has 0 saturated heterocycles. The first-order valence-corrected chi connectivity index (χ1v) is 7.00. The summed E-state index contributed by atoms with van der Waals surface area (Å²) in [4.78, 5) is 31.7. The molecule has 0 atom stereocenters. The first-order chi connectivity index (χ1) is 11.8. The molecule has 0 aliphatic carbocycles. The van der Waals surface area contributed by atoms with Crippen molar-refractivity contribution in [2.24, 2.45) is 17.3 Å². The molecule has 0 fully saturated rings. The first kappa shape index (κ1) is 16.0. The van der Waals surface area contributed by atoms with Crippen molar-refractivity contribution in [3.05, 3.63) is 50.0 Å². The lowest BCUT2D eigenvalue weighted by atomic mass is 10.2. The number of aromatic hydroxyl groups is 2. The van der Waals surface area contributed by atoms with Crippen LogP contribution in [0.25, 0.3) is 15.9 Å². The summed E-state index contributed by atoms with van der Waals surface area (Å²) in [7, 11) is 1.30. The zero-order valence-electron chi connectivity index (χ0n) is 13.2. The van der Waals surface area contributed by atoms with Crippen LogP contribution < -0.4 is 11.2 Å². The topological polar surface area (TPSA) is 140 Å². The average Bonchev–Trinajstić information content (AvgIpc) is 2.92. The van der Waals surface area contributed by atoms with Crippen molar-refractivity contribution in [3.63, 3.8) is 0 Å². The minimum Gasteiger partial charge on any atom is -0.506 e. The number of fused-ring (bicyclic) bond motifs is 1. The van der Waals surface area contributed by atoms with Crippen molar-refractivity contribution in [3.8, 4) is 11.6 Å². The van der Waals surface area contributed by atoms with Gasteiger partial charge in [-0.3, -0.25) is 9.36 Å². The molecular formula is C15H12N6O4. The Kier molecular flexibility index (Phi) is 3.61. The monoisotopic (exact) mass is 340 g/mol. The molecule has 0 amide bonds. The van der Waals surface area contributed by atoms with Crippen LogP contribution in [-0.2, 0) is 7.05 Å². The lowest BCUT2D eigenvalue weighted by Crippen LogP contribution is -2.16. The molecule has 0 spiro atoms. The van der Waals surface area contributed by atoms with E-state index >= 15 is 0 Å². The molecule has 2 heterocycles. The van der Waals surface area contributed by atoms with E-state index in [0.29, 0.717) is 11.0 Å². The fourth-order valence-electron chi connectivity index (χ4n) is 2.35. The van der Waals surface area contributed by atoms with Crippen LogP contribution in [0.1, 0.15) is 5.56 Å². The minimum absolute atomic E-state index is 0.0293. The van der Waals surface area contributed by atoms with Gasteiger partial charge in [0, 0.05) is 13.1 Å². The van der Waals surface area contributed by atoms with Crippen LogP contribution in [0.15, 0.2) is 32.0 Å². The highest BCUT2D eigenvalue weighted by Crippen LogP contribution is 2.35. The molecule has 2 aromatic heterocycles. The molecule has 126 valence electrons. The number of nitrogens with zero attached hydrogens (tertiary/aromatic N) is 4. The standard InChI is InChI=1S/C15H12N6O4/c1-6-11(16-2)13(23)21(3)14(24)12(6)20-19-9-4-7-8(5-10(9)22)18-15(25)17-7/h4-5,22-23H,1,3H3,(H2,17,18,25). The number of phenolic OH excluding ortho intramolecular Hbond substituents is 1. The van der Waals surface area contributed by atoms with Gasteiger partial charge in [-0.1, -0.05) is 0 Å². The predicted octanol–water partition coefficient (Wildman–Crippen LogP) is 2.24. The Hall–Kier alpha value is -3.87. The predicted molar refractivity (Wildman–Crippen MR) is 89.1 cm³/mol. The molecule has 1 aromatic carbocycles. The smallest absolute Gasteiger partial charge is 0.323 e. The molecule has 0 bridgehead atoms. The summed E-state index contributed by atoms with van der Waals surface area (Å²) >= 11 is 0. The van der Waals surface area contributed by atoms with Crippen molar-refractivity contribution in [2.75, 3.05) is 0 Å². The number of H-pyrrole nitrogens is 2. The maximum Gasteiger partial charge on any atom is 0.323 e. The van der Waals surface area contributed by atoms with E-state index in [1.165, 1.54) is 26.1 Å². The Morgan fingerprint density at radius 2 is 1.80 bits per heavy atom. The number of aromatic nitrogens is 3. The Morgan fingerprint density at radius 3 is 2.44 bits per heavy atom. The summed E-state index contributed by atoms with van der Waals surface area (Å²) in [5, 5.41) is 27.5. The van der Waals surface area contributed by atoms with E-state index in [-0.39, 0.29) is 28.4 Å². The summed E-state index contributed by atoms with van der Waals surface area (Å²) in [6.07, 6.45) is 0. The summed E-state index contributed by atoms with van der Waals surface area (Å²) in [6.45, 7) is 8.58. The third-order valence-electron chi connectivity index (χ3n) is 3.73. The highest BCUT2D eigenvalue weighted by Gasteiger charge is 2.17. The molecule has 0 saturated carbocycles. The summed E-state index contributed by atoms with van der Waals surface area (Å²) in [5.74, 6) is -0.698. The van der Waals surface area contributed by atoms with Gasteiger partial charge >= 0.3 is 5.69 Å². The summed E-state index contributed by atoms with van der Waals surface area (Å²) < 4.78 is 0.890. The molecule has 25 heavy (non-hydrogen) atoms. The van der Waals surface area contributed by atoms with Gasteiger partial charge in [-0.25, -0.2) is 9.64 Å². The third-order valence-corrected chi connectivity index (χ3v) is 3.73. The Labute approximate surface area is 139 Å². The second-order valence-electron chi connectivity index (χ2n) is 5.29. The lowest BCUT2D eigenvalue weighted by molar-refractivity contribution is 0.426. The number of phenols is 1. The second-order valence-corrected chi connectivity index (χ2v) is 5.29. The van der Waals surface area contributed by atoms with Crippen LogP contribution in [0, 0.1) is 13.5 Å². The second kappa shape index (κ2) is 5.64. The van der Waals surface area contributed by atoms with Crippen molar-refractivity contribution >= 4 is 28.1 Å². The fourth-order valence-corrected chi connectivity index (χ4v) is 2.35. The van der Waals surface area contributed by atoms with E-state index in [0.717, 1.165) is 4.57 Å². The fraction of sp³-hybridized carbons (Fsp3) is 0.133. The maximum atomic E-state index is 12.2. The Bertz CT molecular complexity index is 1190. The highest BCUT2D eigenvalue weighted by molar-refractivity contribution is 5.81. The SMILES string of the molecule is [C-]#[N+]c1c(C)c(N=Nc2cc3[nH]c(=O)[nH]c3cc2O)c(=O)n(C)c1O. The number of pyridine rings is 1. The minimum atomic E-state index is -0.637. The van der Waals surface area contributed by atoms with Crippen LogP contribution in [-0.4, -0.2) is 24.7 Å². The van der Waals surface area contributed by atoms with E-state index in [1.807, 2.05) is 0 Å². The Balaban J connectivity index is 2.16. The third kappa shape index (κ3) is 2.53. The maximum absolute atomic E-state index is 12.2. The molecule has 0 aliphatic heterocycles. The number of aromatic amines is 2. The zero-order valence-corrected chi connectivity index (χ0v) is 13.2. The average molecular weight is 340 g/mol. The van der Waals surface area contributed by atoms with Gasteiger partial charge in [0.2, 0.25) is 5.69 Å². The van der Waals surface area contributed by atoms with Crippen LogP contribution in [0.4, 0.5) is 17.1 Å². The van der Waals surface area contributed by atoms with E-state index in [2.05, 4.69) is 25.0 Å². The number of benzene rings is 1. The number of hydrogen-bond acceptors (Lipinski definition) is 6. The van der Waals surface area contributed by atoms with Crippen molar-refractivity contribution in [1.29, 1.82) is 0 Å². The molecule has 0 aliphatic rings. The normalized spacial score (nSPS) is 11.2. The lowest BCUT2D eigenvalue weighted by Gasteiger charge is -2.08. The quantitative estimate of drug-likeness (QED) is 0.419. The molecule has 3 aromatic rings. The number of azo groups is 1. The van der Waals surface area contributed by atoms with Gasteiger partial charge in [0.1, 0.15) is 17.1 Å². The first-order valence-electron chi connectivity index (χ1n) is 7.00. The molecule has 3 rings (SSSR count). The van der Waals surface area contributed by atoms with E-state index in [1.54, 1.807) is 0 Å². The number of imidazole rings is 1.